The van der Waals surface area contributed by atoms with Crippen molar-refractivity contribution in [1.29, 1.82) is 0 Å². The second-order valence-corrected chi connectivity index (χ2v) is 5.62. The van der Waals surface area contributed by atoms with Gasteiger partial charge in [0.1, 0.15) is 0 Å². The number of hydrogen-bond donors (Lipinski definition) is 1. The molecule has 1 aromatic heterocycles. The maximum absolute atomic E-state index is 4.28. The minimum absolute atomic E-state index is 0.410. The lowest BCUT2D eigenvalue weighted by Gasteiger charge is -2.10. The highest BCUT2D eigenvalue weighted by Crippen LogP contribution is 2.24. The molecule has 0 saturated heterocycles. The predicted molar refractivity (Wildman–Crippen MR) is 75.6 cm³/mol. The Morgan fingerprint density at radius 2 is 2.12 bits per heavy atom. The molecular weight excluding hydrogens is 248 g/mol. The van der Waals surface area contributed by atoms with Crippen LogP contribution in [-0.4, -0.2) is 12.0 Å². The van der Waals surface area contributed by atoms with Gasteiger partial charge in [-0.05, 0) is 31.7 Å². The maximum atomic E-state index is 4.28. The predicted octanol–water partition coefficient (Wildman–Crippen LogP) is 3.72. The number of nitrogens with one attached hydrogen (secondary N) is 1. The summed E-state index contributed by atoms with van der Waals surface area (Å²) in [5.74, 6) is 0.949. The summed E-state index contributed by atoms with van der Waals surface area (Å²) in [6, 6.07) is 9.14. The van der Waals surface area contributed by atoms with Gasteiger partial charge in [-0.2, -0.15) is 0 Å². The topological polar surface area (TPSA) is 24.9 Å². The van der Waals surface area contributed by atoms with E-state index in [0.29, 0.717) is 6.04 Å². The van der Waals surface area contributed by atoms with Gasteiger partial charge in [0, 0.05) is 22.1 Å². The first-order valence-corrected chi connectivity index (χ1v) is 7.49. The van der Waals surface area contributed by atoms with Gasteiger partial charge in [-0.1, -0.05) is 12.1 Å². The second-order valence-electron chi connectivity index (χ2n) is 3.85. The van der Waals surface area contributed by atoms with Crippen molar-refractivity contribution in [2.75, 3.05) is 7.05 Å². The summed E-state index contributed by atoms with van der Waals surface area (Å²) in [5.41, 5.74) is 4.37. The first-order valence-electron chi connectivity index (χ1n) is 5.56. The third kappa shape index (κ3) is 3.56. The Morgan fingerprint density at radius 1 is 1.35 bits per heavy atom. The Morgan fingerprint density at radius 3 is 2.71 bits per heavy atom. The summed E-state index contributed by atoms with van der Waals surface area (Å²) in [6.45, 7) is 2.16. The molecule has 0 radical (unpaired) electrons. The summed E-state index contributed by atoms with van der Waals surface area (Å²) in [6.07, 6.45) is 0. The monoisotopic (exact) mass is 264 g/mol. The normalized spacial score (nSPS) is 12.6. The molecule has 2 aromatic rings. The molecule has 17 heavy (non-hydrogen) atoms. The summed E-state index contributed by atoms with van der Waals surface area (Å²) < 4.78 is 0. The Labute approximate surface area is 110 Å². The smallest absolute Gasteiger partial charge is 0.0795 e. The molecule has 0 fully saturated rings. The largest absolute Gasteiger partial charge is 0.313 e. The number of rotatable bonds is 5. The van der Waals surface area contributed by atoms with E-state index in [9.17, 15) is 0 Å². The fraction of sp³-hybridized carbons (Fsp3) is 0.308. The number of nitrogens with zero attached hydrogens (tertiary/aromatic N) is 1. The molecule has 1 unspecified atom stereocenters. The molecule has 0 aliphatic carbocycles. The molecule has 0 bridgehead atoms. The minimum atomic E-state index is 0.410. The third-order valence-corrected chi connectivity index (χ3v) is 4.36. The van der Waals surface area contributed by atoms with E-state index in [-0.39, 0.29) is 0 Å². The van der Waals surface area contributed by atoms with Crippen molar-refractivity contribution < 1.29 is 0 Å². The van der Waals surface area contributed by atoms with Crippen LogP contribution in [0.1, 0.15) is 24.2 Å². The van der Waals surface area contributed by atoms with Crippen molar-refractivity contribution in [3.8, 4) is 0 Å². The first-order chi connectivity index (χ1) is 8.29. The highest BCUT2D eigenvalue weighted by Gasteiger charge is 2.02. The van der Waals surface area contributed by atoms with Crippen LogP contribution in [0.25, 0.3) is 0 Å². The average Bonchev–Trinajstić information content (AvgIpc) is 2.89. The van der Waals surface area contributed by atoms with E-state index in [2.05, 4.69) is 46.9 Å². The second kappa shape index (κ2) is 6.19. The molecule has 0 spiro atoms. The standard InChI is InChI=1S/C13H16N2S2/c1-10(14-2)11-3-5-13(6-4-11)17-8-12-7-16-9-15-12/h3-7,9-10,14H,8H2,1-2H3. The summed E-state index contributed by atoms with van der Waals surface area (Å²) in [7, 11) is 1.98. The van der Waals surface area contributed by atoms with Crippen molar-refractivity contribution >= 4 is 23.1 Å². The van der Waals surface area contributed by atoms with Gasteiger partial charge in [0.25, 0.3) is 0 Å². The molecule has 1 N–H and O–H groups in total. The van der Waals surface area contributed by atoms with Gasteiger partial charge in [-0.15, -0.1) is 23.1 Å². The number of thiazole rings is 1. The van der Waals surface area contributed by atoms with Gasteiger partial charge in [-0.3, -0.25) is 0 Å². The average molecular weight is 264 g/mol. The van der Waals surface area contributed by atoms with Crippen LogP contribution in [0, 0.1) is 0 Å². The van der Waals surface area contributed by atoms with Crippen LogP contribution in [0.5, 0.6) is 0 Å². The molecule has 0 aliphatic rings. The number of thioether (sulfide) groups is 1. The van der Waals surface area contributed by atoms with Crippen LogP contribution in [0.3, 0.4) is 0 Å². The van der Waals surface area contributed by atoms with Crippen LogP contribution < -0.4 is 5.32 Å². The van der Waals surface area contributed by atoms with E-state index >= 15 is 0 Å². The Bertz CT molecular complexity index is 437. The van der Waals surface area contributed by atoms with E-state index in [1.807, 2.05) is 24.3 Å². The van der Waals surface area contributed by atoms with Crippen molar-refractivity contribution in [2.45, 2.75) is 23.6 Å². The van der Waals surface area contributed by atoms with Crippen molar-refractivity contribution in [3.63, 3.8) is 0 Å². The van der Waals surface area contributed by atoms with Gasteiger partial charge in [-0.25, -0.2) is 4.98 Å². The Hall–Kier alpha value is -0.840. The van der Waals surface area contributed by atoms with Crippen LogP contribution in [0.15, 0.2) is 40.1 Å². The van der Waals surface area contributed by atoms with Crippen LogP contribution in [0.4, 0.5) is 0 Å². The third-order valence-electron chi connectivity index (χ3n) is 2.68. The SMILES string of the molecule is CNC(C)c1ccc(SCc2cscn2)cc1. The molecule has 1 heterocycles. The van der Waals surface area contributed by atoms with Gasteiger partial charge in [0.2, 0.25) is 0 Å². The fourth-order valence-corrected chi connectivity index (χ4v) is 2.95. The highest BCUT2D eigenvalue weighted by atomic mass is 32.2. The zero-order chi connectivity index (χ0) is 12.1. The van der Waals surface area contributed by atoms with E-state index in [1.54, 1.807) is 11.3 Å². The molecule has 1 atom stereocenters. The Kier molecular flexibility index (Phi) is 4.59. The van der Waals surface area contributed by atoms with E-state index in [0.717, 1.165) is 11.4 Å². The van der Waals surface area contributed by atoms with Gasteiger partial charge in [0.05, 0.1) is 11.2 Å². The molecule has 0 saturated carbocycles. The van der Waals surface area contributed by atoms with Gasteiger partial charge < -0.3 is 5.32 Å². The zero-order valence-electron chi connectivity index (χ0n) is 10.0. The van der Waals surface area contributed by atoms with E-state index in [4.69, 9.17) is 0 Å². The molecular formula is C13H16N2S2. The number of hydrogen-bond acceptors (Lipinski definition) is 4. The van der Waals surface area contributed by atoms with Crippen molar-refractivity contribution in [1.82, 2.24) is 10.3 Å². The van der Waals surface area contributed by atoms with Crippen LogP contribution >= 0.6 is 23.1 Å². The van der Waals surface area contributed by atoms with Crippen LogP contribution in [0.2, 0.25) is 0 Å². The first kappa shape index (κ1) is 12.6. The molecule has 0 amide bonds. The maximum Gasteiger partial charge on any atom is 0.0795 e. The molecule has 2 rings (SSSR count). The highest BCUT2D eigenvalue weighted by molar-refractivity contribution is 7.98. The van der Waals surface area contributed by atoms with Gasteiger partial charge >= 0.3 is 0 Å². The Balaban J connectivity index is 1.94. The van der Waals surface area contributed by atoms with Crippen molar-refractivity contribution in [2.24, 2.45) is 0 Å². The van der Waals surface area contributed by atoms with Gasteiger partial charge in [0.15, 0.2) is 0 Å². The molecule has 90 valence electrons. The zero-order valence-corrected chi connectivity index (χ0v) is 11.6. The minimum Gasteiger partial charge on any atom is -0.313 e. The molecule has 4 heteroatoms. The fourth-order valence-electron chi connectivity index (χ4n) is 1.49. The van der Waals surface area contributed by atoms with E-state index < -0.39 is 0 Å². The molecule has 2 nitrogen and oxygen atoms in total. The lowest BCUT2D eigenvalue weighted by Crippen LogP contribution is -2.11. The van der Waals surface area contributed by atoms with Crippen LogP contribution in [-0.2, 0) is 5.75 Å². The number of benzene rings is 1. The lowest BCUT2D eigenvalue weighted by molar-refractivity contribution is 0.652. The molecule has 0 aliphatic heterocycles. The summed E-state index contributed by atoms with van der Waals surface area (Å²) >= 11 is 3.48. The molecule has 1 aromatic carbocycles. The number of aromatic nitrogens is 1. The quantitative estimate of drug-likeness (QED) is 0.833. The summed E-state index contributed by atoms with van der Waals surface area (Å²) in [4.78, 5) is 5.57. The van der Waals surface area contributed by atoms with E-state index in [1.165, 1.54) is 10.5 Å². The van der Waals surface area contributed by atoms with Crippen molar-refractivity contribution in [3.05, 3.63) is 46.4 Å². The summed E-state index contributed by atoms with van der Waals surface area (Å²) in [5, 5.41) is 5.34. The lowest BCUT2D eigenvalue weighted by atomic mass is 10.1.